The van der Waals surface area contributed by atoms with Gasteiger partial charge >= 0.3 is 0 Å². The maximum atomic E-state index is 12.8. The average Bonchev–Trinajstić information content (AvgIpc) is 2.61. The molecule has 1 N–H and O–H groups in total. The number of benzene rings is 1. The van der Waals surface area contributed by atoms with Crippen LogP contribution in [0, 0.1) is 12.8 Å². The van der Waals surface area contributed by atoms with Gasteiger partial charge in [-0.3, -0.25) is 9.59 Å². The van der Waals surface area contributed by atoms with Crippen molar-refractivity contribution in [1.82, 2.24) is 15.1 Å². The molecule has 1 aliphatic heterocycles. The lowest BCUT2D eigenvalue weighted by atomic mass is 9.83. The highest BCUT2D eigenvalue weighted by atomic mass is 16.2. The van der Waals surface area contributed by atoms with E-state index in [1.165, 1.54) is 5.56 Å². The molecule has 5 nitrogen and oxygen atoms in total. The Kier molecular flexibility index (Phi) is 7.00. The number of nitrogens with zero attached hydrogens (tertiary/aromatic N) is 2. The molecule has 2 rings (SSSR count). The van der Waals surface area contributed by atoms with Crippen molar-refractivity contribution < 1.29 is 9.59 Å². The maximum Gasteiger partial charge on any atom is 0.225 e. The Labute approximate surface area is 151 Å². The fraction of sp³-hybridized carbons (Fsp3) is 0.600. The van der Waals surface area contributed by atoms with Crippen LogP contribution >= 0.6 is 0 Å². The molecule has 1 aromatic rings. The van der Waals surface area contributed by atoms with Gasteiger partial charge in [0.2, 0.25) is 11.8 Å². The quantitative estimate of drug-likeness (QED) is 0.825. The van der Waals surface area contributed by atoms with E-state index in [2.05, 4.69) is 24.1 Å². The molecule has 2 atom stereocenters. The highest BCUT2D eigenvalue weighted by molar-refractivity contribution is 5.84. The van der Waals surface area contributed by atoms with Crippen LogP contribution in [0.3, 0.4) is 0 Å². The zero-order valence-corrected chi connectivity index (χ0v) is 15.9. The Balaban J connectivity index is 2.08. The van der Waals surface area contributed by atoms with E-state index >= 15 is 0 Å². The van der Waals surface area contributed by atoms with Crippen molar-refractivity contribution >= 4 is 11.8 Å². The van der Waals surface area contributed by atoms with Crippen molar-refractivity contribution in [2.45, 2.75) is 39.7 Å². The van der Waals surface area contributed by atoms with Gasteiger partial charge in [-0.2, -0.15) is 0 Å². The van der Waals surface area contributed by atoms with Gasteiger partial charge in [-0.05, 0) is 32.0 Å². The SMILES string of the molecule is CCN(CC)CCNC(=O)[C@H]1CCC(=O)N(C)[C@@H]1c1ccc(C)cc1. The van der Waals surface area contributed by atoms with Crippen LogP contribution in [0.4, 0.5) is 0 Å². The number of carbonyl (C=O) groups excluding carboxylic acids is 2. The molecular formula is C20H31N3O2. The highest BCUT2D eigenvalue weighted by Crippen LogP contribution is 2.35. The summed E-state index contributed by atoms with van der Waals surface area (Å²) in [6.45, 7) is 9.76. The van der Waals surface area contributed by atoms with Crippen molar-refractivity contribution in [2.75, 3.05) is 33.2 Å². The van der Waals surface area contributed by atoms with Gasteiger partial charge in [0.15, 0.2) is 0 Å². The zero-order chi connectivity index (χ0) is 18.4. The third-order valence-electron chi connectivity index (χ3n) is 5.24. The molecule has 2 amide bonds. The number of amides is 2. The Morgan fingerprint density at radius 2 is 1.88 bits per heavy atom. The molecule has 0 aromatic heterocycles. The van der Waals surface area contributed by atoms with Crippen LogP contribution in [0.25, 0.3) is 0 Å². The highest BCUT2D eigenvalue weighted by Gasteiger charge is 2.38. The van der Waals surface area contributed by atoms with Crippen molar-refractivity contribution in [3.05, 3.63) is 35.4 Å². The Bertz CT molecular complexity index is 581. The molecule has 1 aromatic carbocycles. The van der Waals surface area contributed by atoms with Crippen LogP contribution in [-0.2, 0) is 9.59 Å². The first-order valence-corrected chi connectivity index (χ1v) is 9.30. The van der Waals surface area contributed by atoms with Gasteiger partial charge in [0.1, 0.15) is 0 Å². The number of piperidine rings is 1. The molecule has 0 spiro atoms. The lowest BCUT2D eigenvalue weighted by molar-refractivity contribution is -0.141. The first kappa shape index (κ1) is 19.4. The number of hydrogen-bond donors (Lipinski definition) is 1. The van der Waals surface area contributed by atoms with Crippen molar-refractivity contribution in [2.24, 2.45) is 5.92 Å². The molecule has 25 heavy (non-hydrogen) atoms. The Morgan fingerprint density at radius 1 is 1.24 bits per heavy atom. The predicted molar refractivity (Wildman–Crippen MR) is 100 cm³/mol. The summed E-state index contributed by atoms with van der Waals surface area (Å²) >= 11 is 0. The molecule has 5 heteroatoms. The molecule has 1 saturated heterocycles. The monoisotopic (exact) mass is 345 g/mol. The van der Waals surface area contributed by atoms with E-state index in [9.17, 15) is 9.59 Å². The molecule has 1 fully saturated rings. The molecule has 138 valence electrons. The van der Waals surface area contributed by atoms with E-state index in [0.717, 1.165) is 25.2 Å². The van der Waals surface area contributed by atoms with Crippen LogP contribution in [0.1, 0.15) is 43.9 Å². The molecular weight excluding hydrogens is 314 g/mol. The second kappa shape index (κ2) is 8.99. The smallest absolute Gasteiger partial charge is 0.225 e. The largest absolute Gasteiger partial charge is 0.354 e. The van der Waals surface area contributed by atoms with E-state index in [-0.39, 0.29) is 23.8 Å². The minimum Gasteiger partial charge on any atom is -0.354 e. The van der Waals surface area contributed by atoms with Gasteiger partial charge in [0.25, 0.3) is 0 Å². The molecule has 1 heterocycles. The number of nitrogens with one attached hydrogen (secondary N) is 1. The van der Waals surface area contributed by atoms with Crippen molar-refractivity contribution in [1.29, 1.82) is 0 Å². The van der Waals surface area contributed by atoms with Gasteiger partial charge in [-0.15, -0.1) is 0 Å². The third kappa shape index (κ3) is 4.82. The van der Waals surface area contributed by atoms with Crippen molar-refractivity contribution in [3.63, 3.8) is 0 Å². The van der Waals surface area contributed by atoms with Gasteiger partial charge in [0, 0.05) is 26.6 Å². The van der Waals surface area contributed by atoms with Crippen LogP contribution in [0.5, 0.6) is 0 Å². The molecule has 1 aliphatic rings. The minimum atomic E-state index is -0.192. The summed E-state index contributed by atoms with van der Waals surface area (Å²) in [5.74, 6) is -0.0306. The summed E-state index contributed by atoms with van der Waals surface area (Å²) in [7, 11) is 1.81. The maximum absolute atomic E-state index is 12.8. The summed E-state index contributed by atoms with van der Waals surface area (Å²) in [5.41, 5.74) is 2.21. The summed E-state index contributed by atoms with van der Waals surface area (Å²) in [5, 5.41) is 3.08. The Morgan fingerprint density at radius 3 is 2.48 bits per heavy atom. The van der Waals surface area contributed by atoms with E-state index < -0.39 is 0 Å². The second-order valence-electron chi connectivity index (χ2n) is 6.82. The molecule has 0 saturated carbocycles. The fourth-order valence-corrected chi connectivity index (χ4v) is 3.54. The minimum absolute atomic E-state index is 0.0529. The number of aryl methyl sites for hydroxylation is 1. The second-order valence-corrected chi connectivity index (χ2v) is 6.82. The van der Waals surface area contributed by atoms with E-state index in [1.807, 2.05) is 38.2 Å². The standard InChI is InChI=1S/C20H31N3O2/c1-5-23(6-2)14-13-21-20(25)17-11-12-18(24)22(4)19(17)16-9-7-15(3)8-10-16/h7-10,17,19H,5-6,11-14H2,1-4H3,(H,21,25)/t17-,19+/m0/s1. The summed E-state index contributed by atoms with van der Waals surface area (Å²) in [6.07, 6.45) is 1.05. The molecule has 0 bridgehead atoms. The number of rotatable bonds is 7. The molecule has 0 unspecified atom stereocenters. The average molecular weight is 345 g/mol. The third-order valence-corrected chi connectivity index (χ3v) is 5.24. The van der Waals surface area contributed by atoms with Crippen LogP contribution in [0.2, 0.25) is 0 Å². The number of hydrogen-bond acceptors (Lipinski definition) is 3. The van der Waals surface area contributed by atoms with Crippen LogP contribution < -0.4 is 5.32 Å². The number of likely N-dealkylation sites (tertiary alicyclic amines) is 1. The molecule has 0 aliphatic carbocycles. The number of likely N-dealkylation sites (N-methyl/N-ethyl adjacent to an activating group) is 1. The van der Waals surface area contributed by atoms with Crippen LogP contribution in [0.15, 0.2) is 24.3 Å². The van der Waals surface area contributed by atoms with E-state index in [4.69, 9.17) is 0 Å². The van der Waals surface area contributed by atoms with Gasteiger partial charge in [0.05, 0.1) is 12.0 Å². The van der Waals surface area contributed by atoms with Gasteiger partial charge in [-0.1, -0.05) is 43.7 Å². The lowest BCUT2D eigenvalue weighted by Gasteiger charge is -2.38. The topological polar surface area (TPSA) is 52.7 Å². The van der Waals surface area contributed by atoms with Crippen LogP contribution in [-0.4, -0.2) is 54.8 Å². The van der Waals surface area contributed by atoms with Gasteiger partial charge < -0.3 is 15.1 Å². The Hall–Kier alpha value is -1.88. The van der Waals surface area contributed by atoms with E-state index in [1.54, 1.807) is 4.90 Å². The molecule has 0 radical (unpaired) electrons. The fourth-order valence-electron chi connectivity index (χ4n) is 3.54. The lowest BCUT2D eigenvalue weighted by Crippen LogP contribution is -2.47. The zero-order valence-electron chi connectivity index (χ0n) is 15.9. The van der Waals surface area contributed by atoms with E-state index in [0.29, 0.717) is 19.4 Å². The summed E-state index contributed by atoms with van der Waals surface area (Å²) in [6, 6.07) is 7.96. The summed E-state index contributed by atoms with van der Waals surface area (Å²) in [4.78, 5) is 29.0. The van der Waals surface area contributed by atoms with Gasteiger partial charge in [-0.25, -0.2) is 0 Å². The number of carbonyl (C=O) groups is 2. The first-order chi connectivity index (χ1) is 12.0. The first-order valence-electron chi connectivity index (χ1n) is 9.30. The predicted octanol–water partition coefficient (Wildman–Crippen LogP) is 2.36. The summed E-state index contributed by atoms with van der Waals surface area (Å²) < 4.78 is 0. The normalized spacial score (nSPS) is 20.8. The van der Waals surface area contributed by atoms with Crippen molar-refractivity contribution in [3.8, 4) is 0 Å².